The molecule has 0 aliphatic rings. The molecule has 0 aromatic heterocycles. The van der Waals surface area contributed by atoms with Gasteiger partial charge in [0.2, 0.25) is 0 Å². The maximum atomic E-state index is 12.6. The molecule has 0 bridgehead atoms. The van der Waals surface area contributed by atoms with Gasteiger partial charge in [0, 0.05) is 16.4 Å². The van der Waals surface area contributed by atoms with Crippen LogP contribution in [0.25, 0.3) is 0 Å². The Hall–Kier alpha value is -1.04. The smallest absolute Gasteiger partial charge is 0.347 e. The molecule has 2 nitrogen and oxygen atoms in total. The van der Waals surface area contributed by atoms with Crippen LogP contribution in [0.2, 0.25) is 0 Å². The minimum absolute atomic E-state index is 0.0115. The fourth-order valence-corrected chi connectivity index (χ4v) is 2.51. The van der Waals surface area contributed by atoms with E-state index >= 15 is 0 Å². The molecular weight excluding hydrogens is 323 g/mol. The maximum absolute atomic E-state index is 12.6. The molecule has 0 unspecified atom stereocenters. The average Bonchev–Trinajstić information content (AvgIpc) is 2.27. The standard InChI is InChI=1S/C13H15BrF3NO/c1-12(2,6-7-14)18-11(19)9-4-3-5-10(8-9)13(15,16)17/h3-5,8H,6-7H2,1-2H3,(H,18,19). The number of carbonyl (C=O) groups excluding carboxylic acids is 1. The Morgan fingerprint density at radius 2 is 1.95 bits per heavy atom. The predicted octanol–water partition coefficient (Wildman–Crippen LogP) is 4.00. The molecule has 1 rings (SSSR count). The van der Waals surface area contributed by atoms with Gasteiger partial charge < -0.3 is 5.32 Å². The van der Waals surface area contributed by atoms with E-state index in [9.17, 15) is 18.0 Å². The van der Waals surface area contributed by atoms with Gasteiger partial charge in [-0.25, -0.2) is 0 Å². The van der Waals surface area contributed by atoms with E-state index in [1.165, 1.54) is 12.1 Å². The van der Waals surface area contributed by atoms with Crippen molar-refractivity contribution in [2.24, 2.45) is 0 Å². The van der Waals surface area contributed by atoms with Crippen LogP contribution in [0.5, 0.6) is 0 Å². The van der Waals surface area contributed by atoms with E-state index in [1.807, 2.05) is 13.8 Å². The number of hydrogen-bond acceptors (Lipinski definition) is 1. The zero-order chi connectivity index (χ0) is 14.7. The van der Waals surface area contributed by atoms with Crippen molar-refractivity contribution < 1.29 is 18.0 Å². The second kappa shape index (κ2) is 5.94. The third-order valence-corrected chi connectivity index (χ3v) is 3.02. The van der Waals surface area contributed by atoms with E-state index in [-0.39, 0.29) is 5.56 Å². The van der Waals surface area contributed by atoms with Crippen molar-refractivity contribution in [3.8, 4) is 0 Å². The van der Waals surface area contributed by atoms with Gasteiger partial charge in [0.15, 0.2) is 0 Å². The highest BCUT2D eigenvalue weighted by atomic mass is 79.9. The van der Waals surface area contributed by atoms with Crippen molar-refractivity contribution in [3.63, 3.8) is 0 Å². The number of amides is 1. The number of hydrogen-bond donors (Lipinski definition) is 1. The summed E-state index contributed by atoms with van der Waals surface area (Å²) in [5.41, 5.74) is -1.29. The summed E-state index contributed by atoms with van der Waals surface area (Å²) in [5, 5.41) is 3.41. The van der Waals surface area contributed by atoms with Crippen LogP contribution < -0.4 is 5.32 Å². The summed E-state index contributed by atoms with van der Waals surface area (Å²) >= 11 is 3.27. The molecule has 0 saturated carbocycles. The van der Waals surface area contributed by atoms with Crippen molar-refractivity contribution in [1.82, 2.24) is 5.32 Å². The zero-order valence-corrected chi connectivity index (χ0v) is 12.2. The first-order valence-electron chi connectivity index (χ1n) is 5.71. The lowest BCUT2D eigenvalue weighted by Crippen LogP contribution is -2.43. The van der Waals surface area contributed by atoms with Crippen LogP contribution in [-0.4, -0.2) is 16.8 Å². The fraction of sp³-hybridized carbons (Fsp3) is 0.462. The van der Waals surface area contributed by atoms with E-state index in [0.717, 1.165) is 12.1 Å². The van der Waals surface area contributed by atoms with Crippen LogP contribution >= 0.6 is 15.9 Å². The molecule has 0 saturated heterocycles. The first kappa shape index (κ1) is 16.0. The molecule has 106 valence electrons. The van der Waals surface area contributed by atoms with Crippen LogP contribution in [0.4, 0.5) is 13.2 Å². The van der Waals surface area contributed by atoms with Gasteiger partial charge >= 0.3 is 6.18 Å². The van der Waals surface area contributed by atoms with Crippen LogP contribution in [0.3, 0.4) is 0 Å². The highest BCUT2D eigenvalue weighted by Gasteiger charge is 2.31. The molecule has 1 aromatic carbocycles. The third kappa shape index (κ3) is 4.86. The van der Waals surface area contributed by atoms with E-state index in [4.69, 9.17) is 0 Å². The molecule has 1 aromatic rings. The number of alkyl halides is 4. The minimum atomic E-state index is -4.44. The number of rotatable bonds is 4. The Morgan fingerprint density at radius 3 is 2.47 bits per heavy atom. The third-order valence-electron chi connectivity index (χ3n) is 2.62. The molecule has 0 spiro atoms. The van der Waals surface area contributed by atoms with E-state index in [0.29, 0.717) is 11.8 Å². The Bertz CT molecular complexity index is 457. The monoisotopic (exact) mass is 337 g/mol. The topological polar surface area (TPSA) is 29.1 Å². The molecule has 0 radical (unpaired) electrons. The molecule has 0 atom stereocenters. The normalized spacial score (nSPS) is 12.3. The highest BCUT2D eigenvalue weighted by Crippen LogP contribution is 2.29. The molecule has 0 aliphatic heterocycles. The molecule has 6 heteroatoms. The second-order valence-electron chi connectivity index (χ2n) is 4.86. The van der Waals surface area contributed by atoms with Crippen molar-refractivity contribution in [3.05, 3.63) is 35.4 Å². The van der Waals surface area contributed by atoms with E-state index in [1.54, 1.807) is 0 Å². The lowest BCUT2D eigenvalue weighted by atomic mass is 10.0. The first-order chi connectivity index (χ1) is 8.65. The Kier molecular flexibility index (Phi) is 5.01. The van der Waals surface area contributed by atoms with Gasteiger partial charge in [0.25, 0.3) is 5.91 Å². The molecular formula is C13H15BrF3NO. The average molecular weight is 338 g/mol. The van der Waals surface area contributed by atoms with Gasteiger partial charge in [-0.3, -0.25) is 4.79 Å². The number of halogens is 4. The molecule has 0 fully saturated rings. The zero-order valence-electron chi connectivity index (χ0n) is 10.6. The van der Waals surface area contributed by atoms with Crippen molar-refractivity contribution in [2.45, 2.75) is 32.0 Å². The Balaban J connectivity index is 2.89. The summed E-state index contributed by atoms with van der Waals surface area (Å²) in [7, 11) is 0. The second-order valence-corrected chi connectivity index (χ2v) is 5.65. The fourth-order valence-electron chi connectivity index (χ4n) is 1.51. The van der Waals surface area contributed by atoms with Gasteiger partial charge in [0.05, 0.1) is 5.56 Å². The van der Waals surface area contributed by atoms with Crippen molar-refractivity contribution in [1.29, 1.82) is 0 Å². The highest BCUT2D eigenvalue weighted by molar-refractivity contribution is 9.09. The molecule has 1 N–H and O–H groups in total. The van der Waals surface area contributed by atoms with E-state index in [2.05, 4.69) is 21.2 Å². The summed E-state index contributed by atoms with van der Waals surface area (Å²) in [6, 6.07) is 4.41. The summed E-state index contributed by atoms with van der Waals surface area (Å²) in [6.07, 6.45) is -3.76. The van der Waals surface area contributed by atoms with Gasteiger partial charge in [0.1, 0.15) is 0 Å². The number of benzene rings is 1. The van der Waals surface area contributed by atoms with E-state index < -0.39 is 23.2 Å². The molecule has 0 aliphatic carbocycles. The molecule has 19 heavy (non-hydrogen) atoms. The largest absolute Gasteiger partial charge is 0.416 e. The quantitative estimate of drug-likeness (QED) is 0.826. The van der Waals surface area contributed by atoms with Gasteiger partial charge in [-0.05, 0) is 38.5 Å². The minimum Gasteiger partial charge on any atom is -0.347 e. The van der Waals surface area contributed by atoms with Gasteiger partial charge in [-0.2, -0.15) is 13.2 Å². The maximum Gasteiger partial charge on any atom is 0.416 e. The first-order valence-corrected chi connectivity index (χ1v) is 6.83. The van der Waals surface area contributed by atoms with Crippen molar-refractivity contribution >= 4 is 21.8 Å². The predicted molar refractivity (Wildman–Crippen MR) is 71.4 cm³/mol. The van der Waals surface area contributed by atoms with Crippen LogP contribution in [0.15, 0.2) is 24.3 Å². The summed E-state index contributed by atoms with van der Waals surface area (Å²) in [5.74, 6) is -0.503. The lowest BCUT2D eigenvalue weighted by molar-refractivity contribution is -0.137. The van der Waals surface area contributed by atoms with Gasteiger partial charge in [-0.1, -0.05) is 22.0 Å². The molecule has 1 amide bonds. The Labute approximate surface area is 118 Å². The number of carbonyl (C=O) groups is 1. The number of nitrogens with one attached hydrogen (secondary N) is 1. The summed E-state index contributed by atoms with van der Waals surface area (Å²) in [4.78, 5) is 11.9. The summed E-state index contributed by atoms with van der Waals surface area (Å²) < 4.78 is 37.7. The molecule has 0 heterocycles. The summed E-state index contributed by atoms with van der Waals surface area (Å²) in [6.45, 7) is 3.64. The van der Waals surface area contributed by atoms with Gasteiger partial charge in [-0.15, -0.1) is 0 Å². The van der Waals surface area contributed by atoms with Crippen molar-refractivity contribution in [2.75, 3.05) is 5.33 Å². The van der Waals surface area contributed by atoms with Crippen LogP contribution in [0.1, 0.15) is 36.2 Å². The Morgan fingerprint density at radius 1 is 1.32 bits per heavy atom. The van der Waals surface area contributed by atoms with Crippen LogP contribution in [-0.2, 0) is 6.18 Å². The van der Waals surface area contributed by atoms with Crippen LogP contribution in [0, 0.1) is 0 Å². The SMILES string of the molecule is CC(C)(CCBr)NC(=O)c1cccc(C(F)(F)F)c1. The lowest BCUT2D eigenvalue weighted by Gasteiger charge is -2.25.